The molecule has 1 aromatic rings. The van der Waals surface area contributed by atoms with E-state index >= 15 is 0 Å². The number of hydrogen-bond donors (Lipinski definition) is 2. The van der Waals surface area contributed by atoms with Crippen LogP contribution in [-0.2, 0) is 0 Å². The van der Waals surface area contributed by atoms with Crippen LogP contribution in [0.25, 0.3) is 0 Å². The molecule has 18 heavy (non-hydrogen) atoms. The van der Waals surface area contributed by atoms with E-state index in [9.17, 15) is 5.11 Å². The van der Waals surface area contributed by atoms with Crippen LogP contribution in [0.1, 0.15) is 24.0 Å². The largest absolute Gasteiger partial charge is 0.391 e. The highest BCUT2D eigenvalue weighted by molar-refractivity contribution is 7.80. The summed E-state index contributed by atoms with van der Waals surface area (Å²) in [4.78, 5) is 2.05. The van der Waals surface area contributed by atoms with Gasteiger partial charge in [-0.15, -0.1) is 0 Å². The number of nitrogens with one attached hydrogen (secondary N) is 1. The number of piperidine rings is 1. The number of aliphatic hydroxyl groups is 1. The van der Waals surface area contributed by atoms with Gasteiger partial charge in [0, 0.05) is 18.8 Å². The third-order valence-corrected chi connectivity index (χ3v) is 3.68. The zero-order valence-electron chi connectivity index (χ0n) is 10.9. The van der Waals surface area contributed by atoms with Crippen LogP contribution in [0.5, 0.6) is 0 Å². The van der Waals surface area contributed by atoms with Gasteiger partial charge < -0.3 is 15.3 Å². The lowest BCUT2D eigenvalue weighted by Crippen LogP contribution is -2.44. The van der Waals surface area contributed by atoms with Crippen molar-refractivity contribution < 1.29 is 5.11 Å². The predicted octanol–water partition coefficient (Wildman–Crippen LogP) is 2.46. The van der Waals surface area contributed by atoms with Gasteiger partial charge in [-0.05, 0) is 56.1 Å². The molecule has 1 unspecified atom stereocenters. The van der Waals surface area contributed by atoms with Gasteiger partial charge in [-0.2, -0.15) is 0 Å². The highest BCUT2D eigenvalue weighted by atomic mass is 32.1. The Bertz CT molecular complexity index is 447. The molecule has 1 fully saturated rings. The number of rotatable bonds is 1. The molecule has 3 nitrogen and oxygen atoms in total. The third kappa shape index (κ3) is 3.21. The number of benzene rings is 1. The third-order valence-electron chi connectivity index (χ3n) is 3.32. The molecule has 2 rings (SSSR count). The van der Waals surface area contributed by atoms with Crippen LogP contribution in [-0.4, -0.2) is 34.3 Å². The summed E-state index contributed by atoms with van der Waals surface area (Å²) in [6.07, 6.45) is 1.62. The molecule has 2 N–H and O–H groups in total. The first-order valence-electron chi connectivity index (χ1n) is 6.37. The van der Waals surface area contributed by atoms with Crippen molar-refractivity contribution in [2.24, 2.45) is 0 Å². The molecule has 98 valence electrons. The van der Waals surface area contributed by atoms with Gasteiger partial charge in [0.15, 0.2) is 5.11 Å². The van der Waals surface area contributed by atoms with Gasteiger partial charge in [-0.3, -0.25) is 0 Å². The first kappa shape index (κ1) is 13.3. The molecule has 1 aliphatic heterocycles. The number of nitrogens with zero attached hydrogens (tertiary/aromatic N) is 1. The fourth-order valence-electron chi connectivity index (χ4n) is 2.20. The average molecular weight is 264 g/mol. The summed E-state index contributed by atoms with van der Waals surface area (Å²) in [6, 6.07) is 6.28. The maximum Gasteiger partial charge on any atom is 0.173 e. The van der Waals surface area contributed by atoms with Crippen LogP contribution in [0.2, 0.25) is 0 Å². The first-order valence-corrected chi connectivity index (χ1v) is 6.78. The Balaban J connectivity index is 2.04. The second kappa shape index (κ2) is 5.67. The number of anilines is 1. The Hall–Kier alpha value is -1.13. The van der Waals surface area contributed by atoms with Crippen LogP contribution in [0.15, 0.2) is 18.2 Å². The number of thiocarbonyl (C=S) groups is 1. The molecule has 1 aliphatic rings. The molecule has 1 saturated heterocycles. The minimum atomic E-state index is -0.253. The molecule has 0 aliphatic carbocycles. The van der Waals surface area contributed by atoms with E-state index in [1.165, 1.54) is 11.1 Å². The van der Waals surface area contributed by atoms with E-state index in [0.717, 1.165) is 25.1 Å². The molecule has 0 radical (unpaired) electrons. The van der Waals surface area contributed by atoms with Crippen LogP contribution in [0, 0.1) is 13.8 Å². The normalized spacial score (nSPS) is 19.7. The topological polar surface area (TPSA) is 35.5 Å². The van der Waals surface area contributed by atoms with Crippen molar-refractivity contribution >= 4 is 23.0 Å². The fraction of sp³-hybridized carbons (Fsp3) is 0.500. The molecule has 4 heteroatoms. The Kier molecular flexibility index (Phi) is 4.19. The van der Waals surface area contributed by atoms with Crippen molar-refractivity contribution in [1.82, 2.24) is 4.90 Å². The van der Waals surface area contributed by atoms with Crippen molar-refractivity contribution in [3.05, 3.63) is 29.3 Å². The monoisotopic (exact) mass is 264 g/mol. The first-order chi connectivity index (χ1) is 8.56. The lowest BCUT2D eigenvalue weighted by molar-refractivity contribution is 0.104. The molecule has 0 amide bonds. The van der Waals surface area contributed by atoms with Crippen LogP contribution < -0.4 is 5.32 Å². The molecule has 1 aromatic carbocycles. The molecular formula is C14H20N2OS. The van der Waals surface area contributed by atoms with Gasteiger partial charge in [-0.1, -0.05) is 12.1 Å². The van der Waals surface area contributed by atoms with Gasteiger partial charge >= 0.3 is 0 Å². The Labute approximate surface area is 114 Å². The highest BCUT2D eigenvalue weighted by Gasteiger charge is 2.19. The Morgan fingerprint density at radius 1 is 1.44 bits per heavy atom. The SMILES string of the molecule is Cc1ccc(C)c(NC(=S)N2CCCC(O)C2)c1. The molecule has 0 aromatic heterocycles. The quantitative estimate of drug-likeness (QED) is 0.764. The number of aryl methyl sites for hydroxylation is 2. The van der Waals surface area contributed by atoms with Crippen molar-refractivity contribution in [3.63, 3.8) is 0 Å². The lowest BCUT2D eigenvalue weighted by atomic mass is 10.1. The van der Waals surface area contributed by atoms with E-state index in [4.69, 9.17) is 12.2 Å². The second-order valence-corrected chi connectivity index (χ2v) is 5.38. The van der Waals surface area contributed by atoms with Crippen molar-refractivity contribution in [2.45, 2.75) is 32.8 Å². The van der Waals surface area contributed by atoms with E-state index in [1.54, 1.807) is 0 Å². The van der Waals surface area contributed by atoms with Crippen molar-refractivity contribution in [1.29, 1.82) is 0 Å². The Morgan fingerprint density at radius 3 is 2.94 bits per heavy atom. The standard InChI is InChI=1S/C14H20N2OS/c1-10-5-6-11(2)13(8-10)15-14(18)16-7-3-4-12(17)9-16/h5-6,8,12,17H,3-4,7,9H2,1-2H3,(H,15,18). The van der Waals surface area contributed by atoms with Gasteiger partial charge in [0.1, 0.15) is 0 Å². The molecule has 1 atom stereocenters. The van der Waals surface area contributed by atoms with Gasteiger partial charge in [0.05, 0.1) is 6.10 Å². The summed E-state index contributed by atoms with van der Waals surface area (Å²) in [6.45, 7) is 5.69. The van der Waals surface area contributed by atoms with E-state index < -0.39 is 0 Å². The van der Waals surface area contributed by atoms with Crippen molar-refractivity contribution in [2.75, 3.05) is 18.4 Å². The number of aliphatic hydroxyl groups excluding tert-OH is 1. The molecule has 0 bridgehead atoms. The summed E-state index contributed by atoms with van der Waals surface area (Å²) in [5, 5.41) is 13.7. The summed E-state index contributed by atoms with van der Waals surface area (Å²) < 4.78 is 0. The molecule has 0 saturated carbocycles. The van der Waals surface area contributed by atoms with E-state index in [1.807, 2.05) is 4.90 Å². The van der Waals surface area contributed by atoms with E-state index in [0.29, 0.717) is 11.7 Å². The van der Waals surface area contributed by atoms with Crippen LogP contribution in [0.4, 0.5) is 5.69 Å². The summed E-state index contributed by atoms with van der Waals surface area (Å²) in [5.41, 5.74) is 3.45. The maximum atomic E-state index is 9.66. The Morgan fingerprint density at radius 2 is 2.22 bits per heavy atom. The highest BCUT2D eigenvalue weighted by Crippen LogP contribution is 2.18. The maximum absolute atomic E-state index is 9.66. The zero-order chi connectivity index (χ0) is 13.1. The van der Waals surface area contributed by atoms with Gasteiger partial charge in [0.25, 0.3) is 0 Å². The molecular weight excluding hydrogens is 244 g/mol. The number of β-amino-alcohol motifs (C(OH)–C–C–N with tert-alkyl or cyclic N) is 1. The predicted molar refractivity (Wildman–Crippen MR) is 79.0 cm³/mol. The van der Waals surface area contributed by atoms with E-state index in [2.05, 4.69) is 37.4 Å². The van der Waals surface area contributed by atoms with Crippen LogP contribution >= 0.6 is 12.2 Å². The smallest absolute Gasteiger partial charge is 0.173 e. The van der Waals surface area contributed by atoms with Gasteiger partial charge in [0.2, 0.25) is 0 Å². The fourth-order valence-corrected chi connectivity index (χ4v) is 2.48. The minimum Gasteiger partial charge on any atom is -0.391 e. The summed E-state index contributed by atoms with van der Waals surface area (Å²) >= 11 is 5.42. The summed E-state index contributed by atoms with van der Waals surface area (Å²) in [7, 11) is 0. The number of hydrogen-bond acceptors (Lipinski definition) is 2. The summed E-state index contributed by atoms with van der Waals surface area (Å²) in [5.74, 6) is 0. The molecule has 0 spiro atoms. The van der Waals surface area contributed by atoms with E-state index in [-0.39, 0.29) is 6.10 Å². The second-order valence-electron chi connectivity index (χ2n) is 4.99. The van der Waals surface area contributed by atoms with Crippen molar-refractivity contribution in [3.8, 4) is 0 Å². The molecule has 1 heterocycles. The minimum absolute atomic E-state index is 0.253. The van der Waals surface area contributed by atoms with Gasteiger partial charge in [-0.25, -0.2) is 0 Å². The average Bonchev–Trinajstić information content (AvgIpc) is 2.34. The number of likely N-dealkylation sites (tertiary alicyclic amines) is 1. The lowest BCUT2D eigenvalue weighted by Gasteiger charge is -2.32. The van der Waals surface area contributed by atoms with Crippen LogP contribution in [0.3, 0.4) is 0 Å². The zero-order valence-corrected chi connectivity index (χ0v) is 11.8.